The summed E-state index contributed by atoms with van der Waals surface area (Å²) in [6.45, 7) is 6.05. The Kier molecular flexibility index (Phi) is 3.80. The first kappa shape index (κ1) is 15.8. The first-order valence-corrected chi connectivity index (χ1v) is 7.96. The second-order valence-corrected chi connectivity index (χ2v) is 6.60. The molecule has 4 nitrogen and oxygen atoms in total. The Balaban J connectivity index is 2.21. The van der Waals surface area contributed by atoms with Crippen LogP contribution in [-0.2, 0) is 15.1 Å². The Bertz CT molecular complexity index is 677. The van der Waals surface area contributed by atoms with Gasteiger partial charge in [0, 0.05) is 17.5 Å². The number of nitrogens with zero attached hydrogens (tertiary/aromatic N) is 1. The number of hydrogen-bond donors (Lipinski definition) is 1. The van der Waals surface area contributed by atoms with Crippen molar-refractivity contribution in [3.05, 3.63) is 59.4 Å². The maximum Gasteiger partial charge on any atom is 0.251 e. The third kappa shape index (κ3) is 2.12. The molecule has 0 spiro atoms. The highest BCUT2D eigenvalue weighted by Gasteiger charge is 2.58. The third-order valence-electron chi connectivity index (χ3n) is 5.05. The van der Waals surface area contributed by atoms with E-state index in [0.717, 1.165) is 5.56 Å². The molecule has 1 aliphatic heterocycles. The summed E-state index contributed by atoms with van der Waals surface area (Å²) in [7, 11) is 1.55. The molecule has 0 bridgehead atoms. The monoisotopic (exact) mass is 313 g/mol. The topological polar surface area (TPSA) is 49.8 Å². The average Bonchev–Trinajstić information content (AvgIpc) is 2.78. The van der Waals surface area contributed by atoms with E-state index in [1.165, 1.54) is 0 Å². The van der Waals surface area contributed by atoms with E-state index in [0.29, 0.717) is 11.3 Å². The number of allylic oxidation sites excluding steroid dienone is 2. The fourth-order valence-electron chi connectivity index (χ4n) is 4.08. The van der Waals surface area contributed by atoms with E-state index in [2.05, 4.69) is 0 Å². The number of likely N-dealkylation sites (tertiary alicyclic amines) is 1. The van der Waals surface area contributed by atoms with Crippen LogP contribution in [-0.4, -0.2) is 35.2 Å². The van der Waals surface area contributed by atoms with Crippen LogP contribution < -0.4 is 0 Å². The van der Waals surface area contributed by atoms with Crippen molar-refractivity contribution in [1.29, 1.82) is 0 Å². The van der Waals surface area contributed by atoms with Gasteiger partial charge in [0.2, 0.25) is 0 Å². The zero-order chi connectivity index (χ0) is 16.8. The third-order valence-corrected chi connectivity index (χ3v) is 5.05. The number of benzene rings is 1. The Morgan fingerprint density at radius 2 is 1.87 bits per heavy atom. The molecule has 0 saturated carbocycles. The number of hydrogen-bond acceptors (Lipinski definition) is 3. The van der Waals surface area contributed by atoms with Gasteiger partial charge in [-0.05, 0) is 38.5 Å². The van der Waals surface area contributed by atoms with Crippen LogP contribution in [0.3, 0.4) is 0 Å². The fourth-order valence-corrected chi connectivity index (χ4v) is 4.08. The molecule has 3 atom stereocenters. The van der Waals surface area contributed by atoms with Crippen LogP contribution in [0.15, 0.2) is 53.8 Å². The first-order chi connectivity index (χ1) is 10.9. The number of fused-ring (bicyclic) bond motifs is 1. The molecule has 1 N–H and O–H groups in total. The van der Waals surface area contributed by atoms with Crippen LogP contribution in [0.5, 0.6) is 0 Å². The molecule has 1 amide bonds. The van der Waals surface area contributed by atoms with Gasteiger partial charge < -0.3 is 14.7 Å². The van der Waals surface area contributed by atoms with E-state index >= 15 is 0 Å². The van der Waals surface area contributed by atoms with Crippen LogP contribution in [0.25, 0.3) is 0 Å². The Morgan fingerprint density at radius 3 is 2.43 bits per heavy atom. The van der Waals surface area contributed by atoms with E-state index in [4.69, 9.17) is 4.74 Å². The Morgan fingerprint density at radius 1 is 1.22 bits per heavy atom. The van der Waals surface area contributed by atoms with Crippen LogP contribution in [0, 0.1) is 5.92 Å². The van der Waals surface area contributed by atoms with Crippen molar-refractivity contribution in [1.82, 2.24) is 4.90 Å². The standard InChI is InChI=1S/C19H23NO3/c1-12(2)20-18(22)14-10-11-15(23-4)17(21)16(14)19(20,3)13-8-6-5-7-9-13/h5-12,16-17,21H,1-4H3/t16-,17-,19-/m1/s1. The number of carbonyl (C=O) groups excluding carboxylic acids is 1. The van der Waals surface area contributed by atoms with E-state index in [1.807, 2.05) is 56.0 Å². The van der Waals surface area contributed by atoms with Crippen LogP contribution >= 0.6 is 0 Å². The van der Waals surface area contributed by atoms with Crippen molar-refractivity contribution >= 4 is 5.91 Å². The summed E-state index contributed by atoms with van der Waals surface area (Å²) in [6, 6.07) is 9.95. The van der Waals surface area contributed by atoms with Gasteiger partial charge in [0.1, 0.15) is 11.9 Å². The number of carbonyl (C=O) groups is 1. The molecule has 3 rings (SSSR count). The average molecular weight is 313 g/mol. The summed E-state index contributed by atoms with van der Waals surface area (Å²) < 4.78 is 5.31. The lowest BCUT2D eigenvalue weighted by atomic mass is 9.73. The molecule has 1 heterocycles. The first-order valence-electron chi connectivity index (χ1n) is 7.96. The minimum atomic E-state index is -0.835. The van der Waals surface area contributed by atoms with Crippen molar-refractivity contribution in [3.63, 3.8) is 0 Å². The largest absolute Gasteiger partial charge is 0.498 e. The van der Waals surface area contributed by atoms with Crippen LogP contribution in [0.1, 0.15) is 26.3 Å². The normalized spacial score (nSPS) is 30.2. The zero-order valence-electron chi connectivity index (χ0n) is 14.0. The molecule has 2 aliphatic rings. The van der Waals surface area contributed by atoms with Gasteiger partial charge in [0.25, 0.3) is 5.91 Å². The van der Waals surface area contributed by atoms with Gasteiger partial charge in [0.15, 0.2) is 0 Å². The number of aliphatic hydroxyl groups is 1. The highest BCUT2D eigenvalue weighted by atomic mass is 16.5. The molecule has 1 aliphatic carbocycles. The predicted molar refractivity (Wildman–Crippen MR) is 88.4 cm³/mol. The van der Waals surface area contributed by atoms with Gasteiger partial charge >= 0.3 is 0 Å². The summed E-state index contributed by atoms with van der Waals surface area (Å²) in [5, 5.41) is 10.8. The second kappa shape index (κ2) is 5.53. The molecule has 0 radical (unpaired) electrons. The molecular formula is C19H23NO3. The van der Waals surface area contributed by atoms with Gasteiger partial charge in [-0.2, -0.15) is 0 Å². The zero-order valence-corrected chi connectivity index (χ0v) is 14.0. The van der Waals surface area contributed by atoms with E-state index in [9.17, 15) is 9.90 Å². The molecule has 0 unspecified atom stereocenters. The minimum absolute atomic E-state index is 0.0122. The minimum Gasteiger partial charge on any atom is -0.498 e. The molecule has 23 heavy (non-hydrogen) atoms. The Labute approximate surface area is 137 Å². The number of aliphatic hydroxyl groups excluding tert-OH is 1. The molecule has 1 fully saturated rings. The predicted octanol–water partition coefficient (Wildman–Crippen LogP) is 2.60. The molecule has 1 aromatic carbocycles. The SMILES string of the molecule is COC1=CC=C2C(=O)N(C(C)C)[C@](C)(c3ccccc3)[C@H]2[C@@H]1O. The van der Waals surface area contributed by atoms with Crippen molar-refractivity contribution in [3.8, 4) is 0 Å². The van der Waals surface area contributed by atoms with Gasteiger partial charge in [-0.3, -0.25) is 4.79 Å². The van der Waals surface area contributed by atoms with E-state index in [-0.39, 0.29) is 17.9 Å². The van der Waals surface area contributed by atoms with Crippen molar-refractivity contribution in [2.75, 3.05) is 7.11 Å². The molecule has 1 aromatic rings. The number of methoxy groups -OCH3 is 1. The van der Waals surface area contributed by atoms with Crippen molar-refractivity contribution in [2.45, 2.75) is 38.5 Å². The number of rotatable bonds is 3. The van der Waals surface area contributed by atoms with Crippen LogP contribution in [0.4, 0.5) is 0 Å². The van der Waals surface area contributed by atoms with Crippen LogP contribution in [0.2, 0.25) is 0 Å². The quantitative estimate of drug-likeness (QED) is 0.933. The molecule has 122 valence electrons. The molecule has 1 saturated heterocycles. The maximum absolute atomic E-state index is 13.0. The smallest absolute Gasteiger partial charge is 0.251 e. The van der Waals surface area contributed by atoms with E-state index < -0.39 is 11.6 Å². The van der Waals surface area contributed by atoms with Gasteiger partial charge in [-0.15, -0.1) is 0 Å². The Hall–Kier alpha value is -2.07. The maximum atomic E-state index is 13.0. The summed E-state index contributed by atoms with van der Waals surface area (Å²) >= 11 is 0. The fraction of sp³-hybridized carbons (Fsp3) is 0.421. The number of amides is 1. The van der Waals surface area contributed by atoms with Gasteiger partial charge in [0.05, 0.1) is 12.6 Å². The summed E-state index contributed by atoms with van der Waals surface area (Å²) in [4.78, 5) is 14.9. The highest BCUT2D eigenvalue weighted by Crippen LogP contribution is 2.51. The molecular weight excluding hydrogens is 290 g/mol. The molecule has 4 heteroatoms. The summed E-state index contributed by atoms with van der Waals surface area (Å²) in [6.07, 6.45) is 2.66. The van der Waals surface area contributed by atoms with Crippen molar-refractivity contribution < 1.29 is 14.6 Å². The molecule has 0 aromatic heterocycles. The van der Waals surface area contributed by atoms with Gasteiger partial charge in [-0.1, -0.05) is 30.3 Å². The lowest BCUT2D eigenvalue weighted by molar-refractivity contribution is -0.131. The lowest BCUT2D eigenvalue weighted by Crippen LogP contribution is -2.50. The van der Waals surface area contributed by atoms with E-state index in [1.54, 1.807) is 19.3 Å². The van der Waals surface area contributed by atoms with Gasteiger partial charge in [-0.25, -0.2) is 0 Å². The lowest BCUT2D eigenvalue weighted by Gasteiger charge is -2.43. The van der Waals surface area contributed by atoms with Crippen molar-refractivity contribution in [2.24, 2.45) is 5.92 Å². The summed E-state index contributed by atoms with van der Waals surface area (Å²) in [5.41, 5.74) is 1.06. The summed E-state index contributed by atoms with van der Waals surface area (Å²) in [5.74, 6) is 0.140. The highest BCUT2D eigenvalue weighted by molar-refractivity contribution is 5.99. The second-order valence-electron chi connectivity index (χ2n) is 6.60. The number of ether oxygens (including phenoxy) is 1.